The topological polar surface area (TPSA) is 57.2 Å². The number of rotatable bonds is 6. The molecule has 1 aliphatic carbocycles. The van der Waals surface area contributed by atoms with Crippen LogP contribution in [-0.2, 0) is 6.54 Å². The minimum atomic E-state index is 0.550. The molecule has 1 saturated carbocycles. The average Bonchev–Trinajstić information content (AvgIpc) is 3.20. The molecule has 1 fully saturated rings. The van der Waals surface area contributed by atoms with Crippen LogP contribution in [0.3, 0.4) is 0 Å². The van der Waals surface area contributed by atoms with Gasteiger partial charge in [-0.25, -0.2) is 0 Å². The Bertz CT molecular complexity index is 594. The van der Waals surface area contributed by atoms with Gasteiger partial charge in [0.2, 0.25) is 17.8 Å². The maximum atomic E-state index is 4.62. The summed E-state index contributed by atoms with van der Waals surface area (Å²) in [4.78, 5) is 19.1. The normalized spacial score (nSPS) is 14.0. The van der Waals surface area contributed by atoms with Crippen molar-refractivity contribution in [2.24, 2.45) is 0 Å². The maximum Gasteiger partial charge on any atom is 0.232 e. The van der Waals surface area contributed by atoms with E-state index in [0.717, 1.165) is 12.5 Å². The fourth-order valence-electron chi connectivity index (χ4n) is 2.11. The predicted octanol–water partition coefficient (Wildman–Crippen LogP) is 2.21. The molecule has 3 rings (SSSR count). The molecule has 21 heavy (non-hydrogen) atoms. The van der Waals surface area contributed by atoms with Crippen LogP contribution in [0.15, 0.2) is 17.5 Å². The Hall–Kier alpha value is -1.89. The van der Waals surface area contributed by atoms with Gasteiger partial charge in [0.15, 0.2) is 0 Å². The van der Waals surface area contributed by atoms with E-state index in [4.69, 9.17) is 0 Å². The third kappa shape index (κ3) is 3.24. The molecule has 0 saturated heterocycles. The fraction of sp³-hybridized carbons (Fsp3) is 0.500. The lowest BCUT2D eigenvalue weighted by molar-refractivity contribution is 0.758. The highest BCUT2D eigenvalue weighted by Gasteiger charge is 2.31. The second-order valence-corrected chi connectivity index (χ2v) is 6.37. The summed E-state index contributed by atoms with van der Waals surface area (Å²) in [5, 5.41) is 5.13. The molecule has 2 aromatic rings. The van der Waals surface area contributed by atoms with Crippen LogP contribution < -0.4 is 15.1 Å². The molecular weight excluding hydrogens is 284 g/mol. The van der Waals surface area contributed by atoms with Crippen molar-refractivity contribution < 1.29 is 0 Å². The van der Waals surface area contributed by atoms with Crippen LogP contribution in [0.5, 0.6) is 0 Å². The van der Waals surface area contributed by atoms with E-state index in [-0.39, 0.29) is 0 Å². The molecule has 0 atom stereocenters. The fourth-order valence-corrected chi connectivity index (χ4v) is 2.82. The van der Waals surface area contributed by atoms with E-state index in [0.29, 0.717) is 17.9 Å². The first-order valence-electron chi connectivity index (χ1n) is 7.07. The number of hydrogen-bond donors (Lipinski definition) is 1. The number of hydrogen-bond acceptors (Lipinski definition) is 7. The van der Waals surface area contributed by atoms with Crippen LogP contribution in [-0.4, -0.2) is 42.1 Å². The third-order valence-corrected chi connectivity index (χ3v) is 4.25. The SMILES string of the molecule is CNc1nc(N(C)C)nc(N(Cc2cccs2)C2CC2)n1. The number of aromatic nitrogens is 3. The van der Waals surface area contributed by atoms with Crippen LogP contribution in [0.1, 0.15) is 17.7 Å². The van der Waals surface area contributed by atoms with Crippen LogP contribution in [0.25, 0.3) is 0 Å². The second-order valence-electron chi connectivity index (χ2n) is 5.34. The van der Waals surface area contributed by atoms with Crippen molar-refractivity contribution in [3.8, 4) is 0 Å². The average molecular weight is 304 g/mol. The van der Waals surface area contributed by atoms with Crippen molar-refractivity contribution in [1.82, 2.24) is 15.0 Å². The maximum absolute atomic E-state index is 4.62. The highest BCUT2D eigenvalue weighted by molar-refractivity contribution is 7.09. The molecule has 1 N–H and O–H groups in total. The summed E-state index contributed by atoms with van der Waals surface area (Å²) in [5.74, 6) is 2.05. The minimum Gasteiger partial charge on any atom is -0.357 e. The first-order valence-corrected chi connectivity index (χ1v) is 7.95. The standard InChI is InChI=1S/C14H20N6S/c1-15-12-16-13(19(2)3)18-14(17-12)20(10-6-7-10)9-11-5-4-8-21-11/h4-5,8,10H,6-7,9H2,1-3H3,(H,15,16,17,18). The summed E-state index contributed by atoms with van der Waals surface area (Å²) in [5.41, 5.74) is 0. The molecule has 7 heteroatoms. The van der Waals surface area contributed by atoms with E-state index < -0.39 is 0 Å². The highest BCUT2D eigenvalue weighted by atomic mass is 32.1. The van der Waals surface area contributed by atoms with Crippen molar-refractivity contribution in [3.05, 3.63) is 22.4 Å². The van der Waals surface area contributed by atoms with Gasteiger partial charge in [-0.3, -0.25) is 0 Å². The molecule has 1 aliphatic rings. The van der Waals surface area contributed by atoms with E-state index in [1.165, 1.54) is 17.7 Å². The van der Waals surface area contributed by atoms with Gasteiger partial charge in [-0.2, -0.15) is 15.0 Å². The van der Waals surface area contributed by atoms with E-state index in [9.17, 15) is 0 Å². The largest absolute Gasteiger partial charge is 0.357 e. The Morgan fingerprint density at radius 3 is 2.57 bits per heavy atom. The molecule has 0 aliphatic heterocycles. The molecule has 0 spiro atoms. The van der Waals surface area contributed by atoms with Gasteiger partial charge in [-0.15, -0.1) is 11.3 Å². The molecule has 0 amide bonds. The zero-order valence-corrected chi connectivity index (χ0v) is 13.4. The number of nitrogens with one attached hydrogen (secondary N) is 1. The van der Waals surface area contributed by atoms with Gasteiger partial charge in [0.25, 0.3) is 0 Å². The Labute approximate surface area is 128 Å². The summed E-state index contributed by atoms with van der Waals surface area (Å²) >= 11 is 1.77. The minimum absolute atomic E-state index is 0.550. The van der Waals surface area contributed by atoms with E-state index in [1.807, 2.05) is 26.0 Å². The van der Waals surface area contributed by atoms with Gasteiger partial charge in [0.1, 0.15) is 0 Å². The molecular formula is C14H20N6S. The molecule has 2 heterocycles. The highest BCUT2D eigenvalue weighted by Crippen LogP contribution is 2.32. The van der Waals surface area contributed by atoms with Crippen molar-refractivity contribution in [1.29, 1.82) is 0 Å². The van der Waals surface area contributed by atoms with Gasteiger partial charge in [-0.05, 0) is 24.3 Å². The molecule has 0 aromatic carbocycles. The molecule has 2 aromatic heterocycles. The number of nitrogens with zero attached hydrogens (tertiary/aromatic N) is 5. The Kier molecular flexibility index (Phi) is 3.92. The lowest BCUT2D eigenvalue weighted by atomic mass is 10.4. The first-order chi connectivity index (χ1) is 10.2. The number of anilines is 3. The van der Waals surface area contributed by atoms with E-state index in [2.05, 4.69) is 42.7 Å². The van der Waals surface area contributed by atoms with Crippen LogP contribution in [0.2, 0.25) is 0 Å². The first kappa shape index (κ1) is 14.1. The summed E-state index contributed by atoms with van der Waals surface area (Å²) in [6.45, 7) is 0.863. The molecule has 6 nitrogen and oxygen atoms in total. The lowest BCUT2D eigenvalue weighted by Crippen LogP contribution is -2.28. The summed E-state index contributed by atoms with van der Waals surface area (Å²) in [7, 11) is 5.72. The van der Waals surface area contributed by atoms with Crippen LogP contribution >= 0.6 is 11.3 Å². The Morgan fingerprint density at radius 1 is 1.24 bits per heavy atom. The third-order valence-electron chi connectivity index (χ3n) is 3.39. The smallest absolute Gasteiger partial charge is 0.232 e. The van der Waals surface area contributed by atoms with Gasteiger partial charge >= 0.3 is 0 Å². The van der Waals surface area contributed by atoms with Crippen LogP contribution in [0, 0.1) is 0 Å². The quantitative estimate of drug-likeness (QED) is 0.883. The van der Waals surface area contributed by atoms with E-state index >= 15 is 0 Å². The van der Waals surface area contributed by atoms with Crippen LogP contribution in [0.4, 0.5) is 17.8 Å². The van der Waals surface area contributed by atoms with E-state index in [1.54, 1.807) is 11.3 Å². The molecule has 0 bridgehead atoms. The summed E-state index contributed by atoms with van der Waals surface area (Å²) < 4.78 is 0. The number of thiophene rings is 1. The Morgan fingerprint density at radius 2 is 2.00 bits per heavy atom. The van der Waals surface area contributed by atoms with Gasteiger partial charge in [0, 0.05) is 32.1 Å². The summed E-state index contributed by atoms with van der Waals surface area (Å²) in [6, 6.07) is 4.80. The van der Waals surface area contributed by atoms with Crippen molar-refractivity contribution >= 4 is 29.2 Å². The van der Waals surface area contributed by atoms with Crippen molar-refractivity contribution in [2.75, 3.05) is 36.3 Å². The van der Waals surface area contributed by atoms with Gasteiger partial charge in [0.05, 0.1) is 6.54 Å². The monoisotopic (exact) mass is 304 g/mol. The summed E-state index contributed by atoms with van der Waals surface area (Å²) in [6.07, 6.45) is 2.42. The second kappa shape index (κ2) is 5.85. The van der Waals surface area contributed by atoms with Crippen molar-refractivity contribution in [2.45, 2.75) is 25.4 Å². The Balaban J connectivity index is 1.92. The van der Waals surface area contributed by atoms with Gasteiger partial charge in [-0.1, -0.05) is 6.07 Å². The van der Waals surface area contributed by atoms with Crippen molar-refractivity contribution in [3.63, 3.8) is 0 Å². The zero-order chi connectivity index (χ0) is 14.8. The molecule has 0 unspecified atom stereocenters. The van der Waals surface area contributed by atoms with Gasteiger partial charge < -0.3 is 15.1 Å². The molecule has 0 radical (unpaired) electrons. The zero-order valence-electron chi connectivity index (χ0n) is 12.6. The predicted molar refractivity (Wildman–Crippen MR) is 87.2 cm³/mol. The molecule has 112 valence electrons. The lowest BCUT2D eigenvalue weighted by Gasteiger charge is -2.23.